The van der Waals surface area contributed by atoms with Gasteiger partial charge in [0.1, 0.15) is 48.3 Å². The summed E-state index contributed by atoms with van der Waals surface area (Å²) in [5.74, 6) is -6.73. The van der Waals surface area contributed by atoms with Crippen LogP contribution in [-0.2, 0) is 56.0 Å². The average molecular weight is 1100 g/mol. The van der Waals surface area contributed by atoms with Crippen LogP contribution in [0, 0.1) is 29.6 Å². The second kappa shape index (κ2) is 29.4. The number of carbonyl (C=O) groups excluding carboxylic acids is 8. The lowest BCUT2D eigenvalue weighted by atomic mass is 9.94. The lowest BCUT2D eigenvalue weighted by molar-refractivity contribution is -0.148. The van der Waals surface area contributed by atoms with Gasteiger partial charge in [-0.25, -0.2) is 4.79 Å². The molecule has 0 bridgehead atoms. The van der Waals surface area contributed by atoms with Gasteiger partial charge in [0.25, 0.3) is 0 Å². The fourth-order valence-corrected chi connectivity index (χ4v) is 10.5. The Hall–Kier alpha value is -6.83. The van der Waals surface area contributed by atoms with E-state index in [1.807, 2.05) is 85.7 Å². The zero-order valence-electron chi connectivity index (χ0n) is 47.9. The van der Waals surface area contributed by atoms with Crippen LogP contribution in [0.2, 0.25) is 0 Å². The highest BCUT2D eigenvalue weighted by molar-refractivity contribution is 5.99. The predicted molar refractivity (Wildman–Crippen MR) is 301 cm³/mol. The Bertz CT molecular complexity index is 2590. The van der Waals surface area contributed by atoms with Gasteiger partial charge >= 0.3 is 5.97 Å². The largest absolute Gasteiger partial charge is 0.480 e. The number of H-pyrrole nitrogens is 1. The number of aromatic amines is 1. The van der Waals surface area contributed by atoms with Gasteiger partial charge in [-0.2, -0.15) is 0 Å². The number of amides is 8. The van der Waals surface area contributed by atoms with Crippen molar-refractivity contribution >= 4 is 64.1 Å². The molecule has 2 aliphatic heterocycles. The first kappa shape index (κ1) is 63.0. The smallest absolute Gasteiger partial charge is 0.326 e. The van der Waals surface area contributed by atoms with Gasteiger partial charge in [-0.1, -0.05) is 131 Å². The number of rotatable bonds is 28. The first-order chi connectivity index (χ1) is 37.4. The van der Waals surface area contributed by atoms with Crippen molar-refractivity contribution in [1.82, 2.24) is 46.7 Å². The van der Waals surface area contributed by atoms with E-state index < -0.39 is 114 Å². The standard InChI is InChI=1S/C59H88N10O10/c1-11-36(9)48(60)55(74)67-50(37(10)12-2)56(75)64-42(28-33(3)4)53(72)66-49(35(7)8)58(77)69-27-19-25-47(69)57(76)68-26-18-24-46(68)54(73)63-43(30-38-20-14-13-15-21-38)51(70)62-44(52(71)65-45(59(78)79)29-34(5)6)31-39-32-61-41-23-17-16-22-40(39)41/h13-17,20-23,32-37,42-50,61H,11-12,18-19,24-31,60H2,1-10H3,(H,62,70)(H,63,73)(H,64,75)(H,65,71)(H,66,72)(H,67,74)(H,78,79)/t36-,37-,42-,43-,44+,45-,46-,47-,48-,49-,50-/m0/s1. The molecule has 0 spiro atoms. The Balaban J connectivity index is 1.34. The number of aliphatic carboxylic acids is 1. The average Bonchev–Trinajstić information content (AvgIpc) is 4.23. The molecular weight excluding hydrogens is 1010 g/mol. The molecule has 10 N–H and O–H groups in total. The maximum absolute atomic E-state index is 14.7. The normalized spacial score (nSPS) is 18.9. The van der Waals surface area contributed by atoms with Crippen LogP contribution < -0.4 is 37.6 Å². The quantitative estimate of drug-likeness (QED) is 0.0499. The first-order valence-corrected chi connectivity index (χ1v) is 28.5. The number of carboxylic acids is 1. The van der Waals surface area contributed by atoms with Crippen molar-refractivity contribution in [3.8, 4) is 0 Å². The summed E-state index contributed by atoms with van der Waals surface area (Å²) >= 11 is 0. The molecule has 2 fully saturated rings. The minimum absolute atomic E-state index is 0.00602. The maximum atomic E-state index is 14.7. The Kier molecular flexibility index (Phi) is 23.5. The molecule has 0 aliphatic carbocycles. The van der Waals surface area contributed by atoms with Gasteiger partial charge in [0.15, 0.2) is 0 Å². The highest BCUT2D eigenvalue weighted by atomic mass is 16.4. The summed E-state index contributed by atoms with van der Waals surface area (Å²) in [4.78, 5) is 133. The molecule has 79 heavy (non-hydrogen) atoms. The number of hydrogen-bond acceptors (Lipinski definition) is 10. The topological polar surface area (TPSA) is 294 Å². The summed E-state index contributed by atoms with van der Waals surface area (Å²) in [6, 6.07) is 6.81. The van der Waals surface area contributed by atoms with Crippen molar-refractivity contribution in [3.05, 3.63) is 71.9 Å². The molecule has 3 heterocycles. The van der Waals surface area contributed by atoms with Crippen molar-refractivity contribution in [2.45, 2.75) is 188 Å². The van der Waals surface area contributed by atoms with E-state index in [4.69, 9.17) is 5.73 Å². The highest BCUT2D eigenvalue weighted by Crippen LogP contribution is 2.27. The van der Waals surface area contributed by atoms with Crippen molar-refractivity contribution in [2.75, 3.05) is 13.1 Å². The molecule has 2 aliphatic rings. The maximum Gasteiger partial charge on any atom is 0.326 e. The summed E-state index contributed by atoms with van der Waals surface area (Å²) in [7, 11) is 0. The van der Waals surface area contributed by atoms with E-state index in [0.717, 1.165) is 10.9 Å². The monoisotopic (exact) mass is 1100 g/mol. The second-order valence-electron chi connectivity index (χ2n) is 23.0. The molecule has 11 atom stereocenters. The number of hydrogen-bond donors (Lipinski definition) is 9. The Labute approximate surface area is 465 Å². The van der Waals surface area contributed by atoms with Crippen LogP contribution in [0.25, 0.3) is 10.9 Å². The summed E-state index contributed by atoms with van der Waals surface area (Å²) in [5.41, 5.74) is 8.44. The van der Waals surface area contributed by atoms with Crippen LogP contribution in [0.4, 0.5) is 0 Å². The molecule has 2 aromatic carbocycles. The predicted octanol–water partition coefficient (Wildman–Crippen LogP) is 4.10. The van der Waals surface area contributed by atoms with Gasteiger partial charge in [0.05, 0.1) is 6.04 Å². The molecule has 2 saturated heterocycles. The molecule has 8 amide bonds. The number of carbonyl (C=O) groups is 9. The third kappa shape index (κ3) is 17.1. The van der Waals surface area contributed by atoms with Crippen LogP contribution in [0.3, 0.4) is 0 Å². The molecule has 0 radical (unpaired) electrons. The number of para-hydroxylation sites is 1. The first-order valence-electron chi connectivity index (χ1n) is 28.5. The molecule has 5 rings (SSSR count). The van der Waals surface area contributed by atoms with E-state index in [0.29, 0.717) is 43.2 Å². The van der Waals surface area contributed by atoms with Crippen LogP contribution in [0.1, 0.15) is 132 Å². The van der Waals surface area contributed by atoms with Crippen molar-refractivity contribution < 1.29 is 48.3 Å². The van der Waals surface area contributed by atoms with Crippen molar-refractivity contribution in [3.63, 3.8) is 0 Å². The van der Waals surface area contributed by atoms with Gasteiger partial charge in [-0.15, -0.1) is 0 Å². The number of aromatic nitrogens is 1. The van der Waals surface area contributed by atoms with Crippen LogP contribution in [0.5, 0.6) is 0 Å². The number of nitrogens with zero attached hydrogens (tertiary/aromatic N) is 2. The Morgan fingerprint density at radius 1 is 0.595 bits per heavy atom. The second-order valence-corrected chi connectivity index (χ2v) is 23.0. The molecule has 20 nitrogen and oxygen atoms in total. The SMILES string of the molecule is CC[C@H](C)[C@H](N)C(=O)N[C@H](C(=O)N[C@@H](CC(C)C)C(=O)N[C@H](C(=O)N1CCC[C@H]1C(=O)N1CCC[C@H]1C(=O)N[C@@H](Cc1ccccc1)C(=O)N[C@H](Cc1c[nH]c2ccccc12)C(=O)N[C@@H](CC(C)C)C(=O)O)C(C)C)[C@@H](C)CC. The van der Waals surface area contributed by atoms with Gasteiger partial charge in [0.2, 0.25) is 47.3 Å². The lowest BCUT2D eigenvalue weighted by Crippen LogP contribution is -2.61. The summed E-state index contributed by atoms with van der Waals surface area (Å²) in [6.45, 7) is 19.0. The van der Waals surface area contributed by atoms with Gasteiger partial charge in [0, 0.05) is 43.0 Å². The minimum Gasteiger partial charge on any atom is -0.480 e. The van der Waals surface area contributed by atoms with E-state index >= 15 is 0 Å². The zero-order chi connectivity index (χ0) is 58.2. The lowest BCUT2D eigenvalue weighted by Gasteiger charge is -2.35. The van der Waals surface area contributed by atoms with E-state index in [2.05, 4.69) is 36.9 Å². The third-order valence-corrected chi connectivity index (χ3v) is 15.6. The van der Waals surface area contributed by atoms with Crippen LogP contribution in [-0.4, -0.2) is 141 Å². The van der Waals surface area contributed by atoms with E-state index in [-0.39, 0.29) is 68.9 Å². The third-order valence-electron chi connectivity index (χ3n) is 15.6. The Morgan fingerprint density at radius 3 is 1.73 bits per heavy atom. The van der Waals surface area contributed by atoms with Gasteiger partial charge in [-0.3, -0.25) is 38.4 Å². The van der Waals surface area contributed by atoms with Gasteiger partial charge < -0.3 is 57.5 Å². The number of fused-ring (bicyclic) bond motifs is 1. The summed E-state index contributed by atoms with van der Waals surface area (Å²) < 4.78 is 0. The minimum atomic E-state index is -1.26. The number of nitrogens with one attached hydrogen (secondary N) is 7. The van der Waals surface area contributed by atoms with Crippen molar-refractivity contribution in [1.29, 1.82) is 0 Å². The summed E-state index contributed by atoms with van der Waals surface area (Å²) in [6.07, 6.45) is 4.88. The van der Waals surface area contributed by atoms with Crippen LogP contribution >= 0.6 is 0 Å². The molecular formula is C59H88N10O10. The molecule has 20 heteroatoms. The van der Waals surface area contributed by atoms with Gasteiger partial charge in [-0.05, 0) is 85.3 Å². The molecule has 0 saturated carbocycles. The Morgan fingerprint density at radius 2 is 1.13 bits per heavy atom. The van der Waals surface area contributed by atoms with Crippen LogP contribution in [0.15, 0.2) is 60.8 Å². The molecule has 434 valence electrons. The number of nitrogens with two attached hydrogens (primary N) is 1. The molecule has 1 aromatic heterocycles. The fraction of sp³-hybridized carbons (Fsp3) is 0.610. The molecule has 0 unspecified atom stereocenters. The summed E-state index contributed by atoms with van der Waals surface area (Å²) in [5, 5.41) is 27.8. The zero-order valence-corrected chi connectivity index (χ0v) is 47.9. The van der Waals surface area contributed by atoms with Crippen molar-refractivity contribution in [2.24, 2.45) is 35.3 Å². The van der Waals surface area contributed by atoms with E-state index in [9.17, 15) is 48.3 Å². The van der Waals surface area contributed by atoms with E-state index in [1.165, 1.54) is 9.80 Å². The number of carboxylic acid groups (broad SMARTS) is 1. The number of benzene rings is 2. The molecule has 3 aromatic rings. The highest BCUT2D eigenvalue weighted by Gasteiger charge is 2.45. The fourth-order valence-electron chi connectivity index (χ4n) is 10.5. The number of likely N-dealkylation sites (tertiary alicyclic amines) is 2. The van der Waals surface area contributed by atoms with E-state index in [1.54, 1.807) is 44.3 Å².